The highest BCUT2D eigenvalue weighted by molar-refractivity contribution is 7.89. The topological polar surface area (TPSA) is 106 Å². The van der Waals surface area contributed by atoms with Gasteiger partial charge in [0.05, 0.1) is 17.6 Å². The summed E-state index contributed by atoms with van der Waals surface area (Å²) in [5.74, 6) is 0.205. The van der Waals surface area contributed by atoms with Crippen molar-refractivity contribution in [2.45, 2.75) is 82.2 Å². The van der Waals surface area contributed by atoms with Crippen LogP contribution >= 0.6 is 0 Å². The van der Waals surface area contributed by atoms with Crippen LogP contribution in [0, 0.1) is 0 Å². The van der Waals surface area contributed by atoms with Gasteiger partial charge in [0, 0.05) is 39.2 Å². The second kappa shape index (κ2) is 15.0. The molecule has 2 aromatic rings. The molecule has 8 nitrogen and oxygen atoms in total. The summed E-state index contributed by atoms with van der Waals surface area (Å²) in [4.78, 5) is 0.310. The number of sulfonamides is 1. The van der Waals surface area contributed by atoms with Crippen molar-refractivity contribution in [3.8, 4) is 5.75 Å². The van der Waals surface area contributed by atoms with Gasteiger partial charge in [0.15, 0.2) is 0 Å². The van der Waals surface area contributed by atoms with Crippen LogP contribution < -0.4 is 14.8 Å². The van der Waals surface area contributed by atoms with Crippen molar-refractivity contribution in [1.29, 1.82) is 0 Å². The highest BCUT2D eigenvalue weighted by Crippen LogP contribution is 2.32. The van der Waals surface area contributed by atoms with Crippen molar-refractivity contribution in [1.82, 2.24) is 10.0 Å². The van der Waals surface area contributed by atoms with Crippen molar-refractivity contribution < 1.29 is 27.7 Å². The predicted molar refractivity (Wildman–Crippen MR) is 149 cm³/mol. The molecular weight excluding hydrogens is 504 g/mol. The van der Waals surface area contributed by atoms with Gasteiger partial charge in [-0.15, -0.1) is 0 Å². The van der Waals surface area contributed by atoms with Gasteiger partial charge in [-0.3, -0.25) is 0 Å². The lowest BCUT2D eigenvalue weighted by Crippen LogP contribution is -2.35. The number of aliphatic hydroxyl groups excluding tert-OH is 1. The lowest BCUT2D eigenvalue weighted by Gasteiger charge is -2.33. The first kappa shape index (κ1) is 30.5. The molecule has 0 saturated carbocycles. The maximum absolute atomic E-state index is 11.9. The van der Waals surface area contributed by atoms with E-state index in [0.717, 1.165) is 87.1 Å². The van der Waals surface area contributed by atoms with Gasteiger partial charge >= 0.3 is 0 Å². The van der Waals surface area contributed by atoms with Gasteiger partial charge in [-0.25, -0.2) is 13.1 Å². The Hall–Kier alpha value is -2.01. The number of ether oxygens (including phenoxy) is 3. The Morgan fingerprint density at radius 2 is 1.79 bits per heavy atom. The average molecular weight is 549 g/mol. The molecule has 0 fully saturated rings. The number of hydrogen-bond donors (Lipinski definition) is 3. The van der Waals surface area contributed by atoms with Crippen LogP contribution in [-0.2, 0) is 32.5 Å². The average Bonchev–Trinajstić information content (AvgIpc) is 2.90. The molecule has 0 amide bonds. The largest absolute Gasteiger partial charge is 0.463 e. The summed E-state index contributed by atoms with van der Waals surface area (Å²) in [6.45, 7) is 7.16. The smallest absolute Gasteiger partial charge is 0.240 e. The van der Waals surface area contributed by atoms with Crippen molar-refractivity contribution in [3.63, 3.8) is 0 Å². The molecule has 2 aromatic carbocycles. The lowest BCUT2D eigenvalue weighted by molar-refractivity contribution is -0.180. The van der Waals surface area contributed by atoms with E-state index in [-0.39, 0.29) is 0 Å². The van der Waals surface area contributed by atoms with Crippen LogP contribution in [0.2, 0.25) is 0 Å². The van der Waals surface area contributed by atoms with E-state index < -0.39 is 21.9 Å². The zero-order chi connectivity index (χ0) is 27.4. The van der Waals surface area contributed by atoms with Gasteiger partial charge in [-0.2, -0.15) is 0 Å². The number of nitrogens with one attached hydrogen (secondary N) is 2. The Labute approximate surface area is 228 Å². The molecule has 1 aliphatic heterocycles. The van der Waals surface area contributed by atoms with Crippen molar-refractivity contribution in [2.75, 3.05) is 33.4 Å². The first-order chi connectivity index (χ1) is 18.2. The lowest BCUT2D eigenvalue weighted by atomic mass is 10.0. The number of fused-ring (bicyclic) bond motifs is 1. The molecule has 0 saturated heterocycles. The quantitative estimate of drug-likeness (QED) is 0.251. The summed E-state index contributed by atoms with van der Waals surface area (Å²) in [5, 5.41) is 13.9. The van der Waals surface area contributed by atoms with Gasteiger partial charge in [-0.05, 0) is 81.1 Å². The van der Waals surface area contributed by atoms with Crippen LogP contribution in [-0.4, -0.2) is 52.7 Å². The molecule has 0 bridgehead atoms. The van der Waals surface area contributed by atoms with Gasteiger partial charge < -0.3 is 24.6 Å². The van der Waals surface area contributed by atoms with Crippen LogP contribution in [0.4, 0.5) is 0 Å². The van der Waals surface area contributed by atoms with E-state index in [1.807, 2.05) is 38.1 Å². The molecule has 212 valence electrons. The van der Waals surface area contributed by atoms with Crippen LogP contribution in [0.15, 0.2) is 47.4 Å². The van der Waals surface area contributed by atoms with Gasteiger partial charge in [0.25, 0.3) is 0 Å². The van der Waals surface area contributed by atoms with Gasteiger partial charge in [0.1, 0.15) is 5.75 Å². The molecule has 9 heteroatoms. The number of hydrogen-bond acceptors (Lipinski definition) is 7. The highest BCUT2D eigenvalue weighted by atomic mass is 32.2. The van der Waals surface area contributed by atoms with E-state index in [4.69, 9.17) is 14.2 Å². The zero-order valence-electron chi connectivity index (χ0n) is 23.0. The maximum atomic E-state index is 11.9. The summed E-state index contributed by atoms with van der Waals surface area (Å²) in [6, 6.07) is 12.9. The number of rotatable bonds is 17. The van der Waals surface area contributed by atoms with Crippen LogP contribution in [0.25, 0.3) is 0 Å². The Balaban J connectivity index is 1.16. The van der Waals surface area contributed by atoms with E-state index in [0.29, 0.717) is 18.0 Å². The Morgan fingerprint density at radius 3 is 2.58 bits per heavy atom. The Morgan fingerprint density at radius 1 is 1.03 bits per heavy atom. The second-order valence-corrected chi connectivity index (χ2v) is 12.1. The highest BCUT2D eigenvalue weighted by Gasteiger charge is 2.27. The number of aryl methyl sites for hydroxylation is 1. The van der Waals surface area contributed by atoms with E-state index >= 15 is 0 Å². The number of benzene rings is 2. The third-order valence-electron chi connectivity index (χ3n) is 6.61. The maximum Gasteiger partial charge on any atom is 0.240 e. The zero-order valence-corrected chi connectivity index (χ0v) is 23.8. The first-order valence-electron chi connectivity index (χ1n) is 13.6. The minimum atomic E-state index is -3.40. The molecule has 1 aliphatic rings. The second-order valence-electron chi connectivity index (χ2n) is 10.2. The Kier molecular flexibility index (Phi) is 12.0. The van der Waals surface area contributed by atoms with Crippen LogP contribution in [0.1, 0.15) is 75.2 Å². The molecule has 0 radical (unpaired) electrons. The molecule has 3 rings (SSSR count). The number of unbranched alkanes of at least 4 members (excludes halogenated alkanes) is 4. The van der Waals surface area contributed by atoms with E-state index in [1.54, 1.807) is 18.2 Å². The minimum absolute atomic E-state index is 0.310. The van der Waals surface area contributed by atoms with Gasteiger partial charge in [-0.1, -0.05) is 31.0 Å². The van der Waals surface area contributed by atoms with Crippen molar-refractivity contribution in [2.24, 2.45) is 0 Å². The summed E-state index contributed by atoms with van der Waals surface area (Å²) in [7, 11) is -1.97. The van der Waals surface area contributed by atoms with Gasteiger partial charge in [0.2, 0.25) is 15.8 Å². The normalized spacial score (nSPS) is 15.6. The molecule has 1 heterocycles. The standard InChI is InChI=1S/C29H44N2O6S/c1-29(2)36-22-25-20-24(14-15-28(25)37-29)27(32)21-31-16-7-4-5-8-17-35-18-9-6-11-23-12-10-13-26(19-23)38(33,34)30-3/h10,12-15,19-20,27,30-32H,4-9,11,16-18,21-22H2,1-3H3/t27-/m0/s1. The molecular formula is C29H44N2O6S. The summed E-state index contributed by atoms with van der Waals surface area (Å²) in [5.41, 5.74) is 2.87. The third kappa shape index (κ3) is 9.94. The van der Waals surface area contributed by atoms with E-state index in [9.17, 15) is 13.5 Å². The molecule has 0 spiro atoms. The fourth-order valence-corrected chi connectivity index (χ4v) is 5.15. The molecule has 3 N–H and O–H groups in total. The minimum Gasteiger partial charge on any atom is -0.463 e. The summed E-state index contributed by atoms with van der Waals surface area (Å²) < 4.78 is 43.4. The van der Waals surface area contributed by atoms with E-state index in [1.165, 1.54) is 7.05 Å². The van der Waals surface area contributed by atoms with Crippen molar-refractivity contribution >= 4 is 10.0 Å². The molecule has 38 heavy (non-hydrogen) atoms. The molecule has 1 atom stereocenters. The summed E-state index contributed by atoms with van der Waals surface area (Å²) >= 11 is 0. The Bertz CT molecular complexity index is 1110. The van der Waals surface area contributed by atoms with Crippen LogP contribution in [0.5, 0.6) is 5.75 Å². The monoisotopic (exact) mass is 548 g/mol. The number of aliphatic hydroxyl groups is 1. The SMILES string of the molecule is CNS(=O)(=O)c1cccc(CCCCOCCCCCCNC[C@H](O)c2ccc3c(c2)COC(C)(C)O3)c1. The summed E-state index contributed by atoms with van der Waals surface area (Å²) in [6.07, 6.45) is 6.56. The first-order valence-corrected chi connectivity index (χ1v) is 15.1. The van der Waals surface area contributed by atoms with Crippen LogP contribution in [0.3, 0.4) is 0 Å². The van der Waals surface area contributed by atoms with Crippen molar-refractivity contribution in [3.05, 3.63) is 59.2 Å². The molecule has 0 aromatic heterocycles. The fourth-order valence-electron chi connectivity index (χ4n) is 4.35. The predicted octanol–water partition coefficient (Wildman–Crippen LogP) is 4.46. The molecule has 0 aliphatic carbocycles. The molecule has 0 unspecified atom stereocenters. The van der Waals surface area contributed by atoms with E-state index in [2.05, 4.69) is 10.0 Å². The third-order valence-corrected chi connectivity index (χ3v) is 8.02. The fraction of sp³-hybridized carbons (Fsp3) is 0.586.